The maximum atomic E-state index is 12.5. The molecule has 0 spiro atoms. The number of carboxylic acid groups (broad SMARTS) is 1. The number of fused-ring (bicyclic) bond motifs is 6. The van der Waals surface area contributed by atoms with Gasteiger partial charge in [-0.25, -0.2) is 4.79 Å². The van der Waals surface area contributed by atoms with Crippen LogP contribution in [0.5, 0.6) is 0 Å². The summed E-state index contributed by atoms with van der Waals surface area (Å²) in [4.78, 5) is 45.1. The van der Waals surface area contributed by atoms with Crippen molar-refractivity contribution in [1.29, 1.82) is 0 Å². The van der Waals surface area contributed by atoms with Crippen molar-refractivity contribution in [3.05, 3.63) is 47.7 Å². The summed E-state index contributed by atoms with van der Waals surface area (Å²) in [6.07, 6.45) is 9.19. The number of hydrogen-bond donors (Lipinski definition) is 6. The quantitative estimate of drug-likeness (QED) is 0.229. The number of rotatable bonds is 9. The number of benzene rings is 1. The Labute approximate surface area is 268 Å². The van der Waals surface area contributed by atoms with Gasteiger partial charge in [-0.1, -0.05) is 42.8 Å². The van der Waals surface area contributed by atoms with Gasteiger partial charge in [0.2, 0.25) is 5.91 Å². The Kier molecular flexibility index (Phi) is 8.52. The van der Waals surface area contributed by atoms with Gasteiger partial charge in [-0.05, 0) is 92.7 Å². The maximum Gasteiger partial charge on any atom is 0.326 e. The van der Waals surface area contributed by atoms with E-state index in [0.717, 1.165) is 54.3 Å². The first-order chi connectivity index (χ1) is 21.8. The van der Waals surface area contributed by atoms with E-state index in [1.54, 1.807) is 6.20 Å². The number of aliphatic hydroxyl groups is 2. The average molecular weight is 635 g/mol. The van der Waals surface area contributed by atoms with Crippen LogP contribution in [0.2, 0.25) is 0 Å². The number of hydrogen-bond acceptors (Lipinski definition) is 7. The van der Waals surface area contributed by atoms with Gasteiger partial charge in [-0.15, -0.1) is 0 Å². The van der Waals surface area contributed by atoms with Crippen molar-refractivity contribution < 1.29 is 34.5 Å². The highest BCUT2D eigenvalue weighted by molar-refractivity contribution is 5.96. The summed E-state index contributed by atoms with van der Waals surface area (Å²) < 4.78 is 0. The second-order valence-corrected chi connectivity index (χ2v) is 14.6. The molecule has 3 fully saturated rings. The summed E-state index contributed by atoms with van der Waals surface area (Å²) in [6, 6.07) is 6.37. The predicted molar refractivity (Wildman–Crippen MR) is 172 cm³/mol. The highest BCUT2D eigenvalue weighted by Crippen LogP contribution is 2.67. The molecule has 1 heterocycles. The molecule has 0 bridgehead atoms. The Balaban J connectivity index is 0.998. The van der Waals surface area contributed by atoms with Gasteiger partial charge in [0.1, 0.15) is 6.04 Å². The number of carbonyl (C=O) groups excluding carboxylic acids is 2. The number of para-hydroxylation sites is 1. The van der Waals surface area contributed by atoms with Gasteiger partial charge in [0, 0.05) is 28.9 Å². The fourth-order valence-electron chi connectivity index (χ4n) is 9.36. The Bertz CT molecular complexity index is 1580. The van der Waals surface area contributed by atoms with Crippen molar-refractivity contribution in [2.45, 2.75) is 89.9 Å². The second kappa shape index (κ2) is 12.2. The lowest BCUT2D eigenvalue weighted by Crippen LogP contribution is -2.59. The van der Waals surface area contributed by atoms with Crippen LogP contribution in [0.3, 0.4) is 0 Å². The lowest BCUT2D eigenvalue weighted by Gasteiger charge is -2.60. The zero-order valence-corrected chi connectivity index (χ0v) is 26.8. The van der Waals surface area contributed by atoms with Gasteiger partial charge in [0.25, 0.3) is 5.91 Å². The van der Waals surface area contributed by atoms with Crippen molar-refractivity contribution in [1.82, 2.24) is 15.6 Å². The molecular formula is C35H46N4O7. The minimum absolute atomic E-state index is 0.0939. The number of H-pyrrole nitrogens is 1. The molecule has 6 rings (SSSR count). The van der Waals surface area contributed by atoms with Crippen LogP contribution in [-0.2, 0) is 25.6 Å². The summed E-state index contributed by atoms with van der Waals surface area (Å²) in [6.45, 7) is 5.61. The molecule has 0 aliphatic heterocycles. The molecule has 1 aromatic heterocycles. The van der Waals surface area contributed by atoms with Gasteiger partial charge in [-0.3, -0.25) is 9.59 Å². The fraction of sp³-hybridized carbons (Fsp3) is 0.600. The molecule has 4 aliphatic carbocycles. The number of amides is 2. The molecule has 1 aromatic carbocycles. The number of carbonyl (C=O) groups is 3. The Morgan fingerprint density at radius 3 is 2.67 bits per heavy atom. The highest BCUT2D eigenvalue weighted by atomic mass is 16.6. The third kappa shape index (κ3) is 5.72. The Morgan fingerprint density at radius 2 is 1.89 bits per heavy atom. The number of aromatic amines is 1. The summed E-state index contributed by atoms with van der Waals surface area (Å²) in [5, 5.41) is 42.4. The van der Waals surface area contributed by atoms with Crippen LogP contribution in [0.4, 0.5) is 0 Å². The average Bonchev–Trinajstić information content (AvgIpc) is 3.52. The topological polar surface area (TPSA) is 173 Å². The third-order valence-corrected chi connectivity index (χ3v) is 12.0. The van der Waals surface area contributed by atoms with Crippen molar-refractivity contribution in [3.63, 3.8) is 0 Å². The molecule has 11 heteroatoms. The monoisotopic (exact) mass is 634 g/mol. The van der Waals surface area contributed by atoms with Crippen molar-refractivity contribution >= 4 is 34.4 Å². The van der Waals surface area contributed by atoms with Gasteiger partial charge < -0.3 is 35.8 Å². The molecule has 0 radical (unpaired) electrons. The molecule has 46 heavy (non-hydrogen) atoms. The number of oxime groups is 1. The van der Waals surface area contributed by atoms with E-state index in [9.17, 15) is 29.7 Å². The number of aliphatic carboxylic acids is 1. The molecule has 2 aromatic rings. The van der Waals surface area contributed by atoms with E-state index in [2.05, 4.69) is 40.7 Å². The van der Waals surface area contributed by atoms with Gasteiger partial charge in [-0.2, -0.15) is 0 Å². The van der Waals surface area contributed by atoms with E-state index >= 15 is 0 Å². The van der Waals surface area contributed by atoms with E-state index < -0.39 is 35.5 Å². The number of aromatic nitrogens is 1. The smallest absolute Gasteiger partial charge is 0.326 e. The lowest BCUT2D eigenvalue weighted by molar-refractivity contribution is -0.164. The number of carboxylic acids is 1. The second-order valence-electron chi connectivity index (χ2n) is 14.6. The van der Waals surface area contributed by atoms with Gasteiger partial charge in [0.05, 0.1) is 24.0 Å². The van der Waals surface area contributed by atoms with Gasteiger partial charge >= 0.3 is 5.97 Å². The molecular weight excluding hydrogens is 588 g/mol. The molecule has 248 valence electrons. The summed E-state index contributed by atoms with van der Waals surface area (Å²) in [5.41, 5.74) is 2.49. The molecule has 6 N–H and O–H groups in total. The number of aliphatic hydroxyl groups excluding tert-OH is 1. The third-order valence-electron chi connectivity index (χ3n) is 12.0. The van der Waals surface area contributed by atoms with Crippen LogP contribution in [0.25, 0.3) is 10.9 Å². The minimum Gasteiger partial charge on any atom is -0.480 e. The predicted octanol–water partition coefficient (Wildman–Crippen LogP) is 3.45. The SMILES string of the molecule is C[C@]12CC/C(=N/OCC(=O)NCC(=O)N[C@H](Cc3c[nH]c4ccccc34)C(=O)O)C=C1CC[C@@H]1[C@H]2[C@@H](O)C[C@@]2(C)[C@@H]1CC[C@]2(C)O. The summed E-state index contributed by atoms with van der Waals surface area (Å²) in [7, 11) is 0. The van der Waals surface area contributed by atoms with Crippen LogP contribution in [-0.4, -0.2) is 74.7 Å². The van der Waals surface area contributed by atoms with Crippen LogP contribution in [0, 0.1) is 28.6 Å². The number of nitrogens with one attached hydrogen (secondary N) is 3. The Morgan fingerprint density at radius 1 is 1.11 bits per heavy atom. The summed E-state index contributed by atoms with van der Waals surface area (Å²) in [5.74, 6) is -1.41. The molecule has 0 saturated heterocycles. The largest absolute Gasteiger partial charge is 0.480 e. The van der Waals surface area contributed by atoms with E-state index in [4.69, 9.17) is 4.84 Å². The summed E-state index contributed by atoms with van der Waals surface area (Å²) >= 11 is 0. The van der Waals surface area contributed by atoms with Crippen LogP contribution >= 0.6 is 0 Å². The van der Waals surface area contributed by atoms with E-state index in [0.29, 0.717) is 24.7 Å². The number of allylic oxidation sites excluding steroid dienone is 2. The van der Waals surface area contributed by atoms with Crippen molar-refractivity contribution in [2.24, 2.45) is 33.7 Å². The van der Waals surface area contributed by atoms with Crippen LogP contribution in [0.15, 0.2) is 47.3 Å². The standard InChI is InChI=1S/C35H46N4O7/c1-33-12-10-22(15-21(33)8-9-24-25-11-13-35(3,45)34(25,2)16-28(40)31(24)33)39-46-19-30(42)37-18-29(41)38-27(32(43)44)14-20-17-36-26-7-5-4-6-23(20)26/h4-7,15,17,24-25,27-28,31,36,40,45H,8-14,16,18-19H2,1-3H3,(H,37,42)(H,38,41)(H,43,44)/b39-22-/t24-,25+,27+,28-,31-,33-,34-,35-/m0/s1. The molecule has 8 atom stereocenters. The van der Waals surface area contributed by atoms with Gasteiger partial charge in [0.15, 0.2) is 6.61 Å². The number of nitrogens with zero attached hydrogens (tertiary/aromatic N) is 1. The molecule has 0 unspecified atom stereocenters. The van der Waals surface area contributed by atoms with E-state index in [1.807, 2.05) is 31.2 Å². The van der Waals surface area contributed by atoms with E-state index in [1.165, 1.54) is 5.57 Å². The van der Waals surface area contributed by atoms with Crippen LogP contribution in [0.1, 0.15) is 71.3 Å². The minimum atomic E-state index is -1.17. The normalized spacial score (nSPS) is 35.0. The first kappa shape index (κ1) is 32.2. The molecule has 2 amide bonds. The molecule has 11 nitrogen and oxygen atoms in total. The maximum absolute atomic E-state index is 12.5. The molecule has 3 saturated carbocycles. The zero-order valence-electron chi connectivity index (χ0n) is 26.8. The zero-order chi connectivity index (χ0) is 32.9. The first-order valence-electron chi connectivity index (χ1n) is 16.5. The lowest BCUT2D eigenvalue weighted by atomic mass is 9.45. The highest BCUT2D eigenvalue weighted by Gasteiger charge is 2.64. The van der Waals surface area contributed by atoms with Crippen molar-refractivity contribution in [3.8, 4) is 0 Å². The van der Waals surface area contributed by atoms with Crippen LogP contribution < -0.4 is 10.6 Å². The van der Waals surface area contributed by atoms with E-state index in [-0.39, 0.29) is 36.3 Å². The molecule has 4 aliphatic rings. The van der Waals surface area contributed by atoms with Crippen molar-refractivity contribution in [2.75, 3.05) is 13.2 Å². The first-order valence-corrected chi connectivity index (χ1v) is 16.5. The Hall–Kier alpha value is -3.70. The fourth-order valence-corrected chi connectivity index (χ4v) is 9.36.